The first kappa shape index (κ1) is 15.2. The van der Waals surface area contributed by atoms with Gasteiger partial charge in [0.1, 0.15) is 15.7 Å². The van der Waals surface area contributed by atoms with Gasteiger partial charge in [0.2, 0.25) is 0 Å². The van der Waals surface area contributed by atoms with Crippen molar-refractivity contribution in [1.29, 1.82) is 5.26 Å². The lowest BCUT2D eigenvalue weighted by Crippen LogP contribution is -2.12. The first-order valence-corrected chi connectivity index (χ1v) is 8.68. The molecule has 0 aliphatic carbocycles. The normalized spacial score (nSPS) is 11.1. The highest BCUT2D eigenvalue weighted by molar-refractivity contribution is 7.94. The second-order valence-corrected chi connectivity index (χ2v) is 7.32. The number of nitrogens with one attached hydrogen (secondary N) is 1. The van der Waals surface area contributed by atoms with Crippen molar-refractivity contribution >= 4 is 27.2 Å². The number of thiophene rings is 1. The molecule has 0 spiro atoms. The molecular formula is C14H9FN4O2S2. The van der Waals surface area contributed by atoms with Crippen LogP contribution in [0.1, 0.15) is 5.56 Å². The molecule has 1 aromatic carbocycles. The zero-order valence-corrected chi connectivity index (χ0v) is 13.1. The monoisotopic (exact) mass is 348 g/mol. The van der Waals surface area contributed by atoms with Crippen molar-refractivity contribution in [1.82, 2.24) is 9.78 Å². The molecule has 0 bridgehead atoms. The van der Waals surface area contributed by atoms with Crippen LogP contribution in [0.4, 0.5) is 10.2 Å². The Morgan fingerprint density at radius 3 is 2.78 bits per heavy atom. The number of benzene rings is 1. The Morgan fingerprint density at radius 2 is 2.13 bits per heavy atom. The van der Waals surface area contributed by atoms with E-state index in [1.165, 1.54) is 35.1 Å². The summed E-state index contributed by atoms with van der Waals surface area (Å²) in [6.45, 7) is 0. The smallest absolute Gasteiger partial charge is 0.261 e. The summed E-state index contributed by atoms with van der Waals surface area (Å²) in [5.74, 6) is -0.554. The number of nitriles is 1. The Labute approximate surface area is 135 Å². The predicted molar refractivity (Wildman–Crippen MR) is 83.4 cm³/mol. The van der Waals surface area contributed by atoms with Gasteiger partial charge in [0.25, 0.3) is 10.0 Å². The van der Waals surface area contributed by atoms with E-state index in [4.69, 9.17) is 5.26 Å². The number of anilines is 1. The van der Waals surface area contributed by atoms with E-state index in [9.17, 15) is 12.8 Å². The molecule has 0 unspecified atom stereocenters. The van der Waals surface area contributed by atoms with Crippen molar-refractivity contribution in [3.63, 3.8) is 0 Å². The zero-order chi connectivity index (χ0) is 16.4. The largest absolute Gasteiger partial charge is 0.272 e. The van der Waals surface area contributed by atoms with Gasteiger partial charge in [0.05, 0.1) is 11.6 Å². The minimum Gasteiger partial charge on any atom is -0.261 e. The molecule has 0 atom stereocenters. The van der Waals surface area contributed by atoms with E-state index in [1.54, 1.807) is 11.4 Å². The quantitative estimate of drug-likeness (QED) is 0.785. The van der Waals surface area contributed by atoms with E-state index < -0.39 is 15.8 Å². The molecule has 0 aliphatic rings. The predicted octanol–water partition coefficient (Wildman–Crippen LogP) is 2.75. The van der Waals surface area contributed by atoms with E-state index in [1.807, 2.05) is 6.07 Å². The van der Waals surface area contributed by atoms with Crippen molar-refractivity contribution in [2.45, 2.75) is 4.21 Å². The maximum Gasteiger partial charge on any atom is 0.272 e. The summed E-state index contributed by atoms with van der Waals surface area (Å²) in [4.78, 5) is 0. The van der Waals surface area contributed by atoms with Crippen molar-refractivity contribution in [3.8, 4) is 11.8 Å². The lowest BCUT2D eigenvalue weighted by molar-refractivity contribution is 0.602. The van der Waals surface area contributed by atoms with E-state index in [-0.39, 0.29) is 21.3 Å². The molecule has 9 heteroatoms. The van der Waals surface area contributed by atoms with Crippen LogP contribution in [0.5, 0.6) is 0 Å². The van der Waals surface area contributed by atoms with Crippen LogP contribution < -0.4 is 4.72 Å². The van der Waals surface area contributed by atoms with Crippen LogP contribution in [-0.2, 0) is 10.0 Å². The summed E-state index contributed by atoms with van der Waals surface area (Å²) in [6.07, 6.45) is 1.43. The zero-order valence-electron chi connectivity index (χ0n) is 11.5. The van der Waals surface area contributed by atoms with Crippen LogP contribution in [0.25, 0.3) is 5.69 Å². The van der Waals surface area contributed by atoms with Crippen LogP contribution in [0.2, 0.25) is 0 Å². The Kier molecular flexibility index (Phi) is 3.85. The van der Waals surface area contributed by atoms with Gasteiger partial charge in [-0.1, -0.05) is 6.07 Å². The molecular weight excluding hydrogens is 339 g/mol. The maximum atomic E-state index is 13.9. The fourth-order valence-electron chi connectivity index (χ4n) is 1.88. The molecule has 23 heavy (non-hydrogen) atoms. The van der Waals surface area contributed by atoms with Gasteiger partial charge < -0.3 is 0 Å². The van der Waals surface area contributed by atoms with Crippen LogP contribution in [0, 0.1) is 17.1 Å². The molecule has 0 radical (unpaired) electrons. The number of nitrogens with zero attached hydrogens (tertiary/aromatic N) is 3. The molecule has 3 aromatic rings. The molecule has 0 aliphatic heterocycles. The van der Waals surface area contributed by atoms with E-state index in [0.29, 0.717) is 0 Å². The van der Waals surface area contributed by atoms with Crippen molar-refractivity contribution < 1.29 is 12.8 Å². The molecule has 6 nitrogen and oxygen atoms in total. The maximum absolute atomic E-state index is 13.9. The number of halogens is 1. The summed E-state index contributed by atoms with van der Waals surface area (Å²) in [7, 11) is -3.70. The minimum atomic E-state index is -3.70. The minimum absolute atomic E-state index is 0.0714. The molecule has 2 heterocycles. The van der Waals surface area contributed by atoms with Crippen LogP contribution in [0.15, 0.2) is 52.2 Å². The Morgan fingerprint density at radius 1 is 1.30 bits per heavy atom. The van der Waals surface area contributed by atoms with Gasteiger partial charge >= 0.3 is 0 Å². The van der Waals surface area contributed by atoms with Crippen molar-refractivity contribution in [2.75, 3.05) is 4.72 Å². The summed E-state index contributed by atoms with van der Waals surface area (Å²) in [6, 6.07) is 10.3. The third-order valence-corrected chi connectivity index (χ3v) is 5.66. The molecule has 116 valence electrons. The highest BCUT2D eigenvalue weighted by Gasteiger charge is 2.17. The molecule has 0 fully saturated rings. The highest BCUT2D eigenvalue weighted by atomic mass is 32.2. The summed E-state index contributed by atoms with van der Waals surface area (Å²) >= 11 is 1.08. The van der Waals surface area contributed by atoms with Crippen molar-refractivity contribution in [3.05, 3.63) is 59.4 Å². The van der Waals surface area contributed by atoms with Crippen molar-refractivity contribution in [2.24, 2.45) is 0 Å². The van der Waals surface area contributed by atoms with Crippen LogP contribution >= 0.6 is 11.3 Å². The van der Waals surface area contributed by atoms with Gasteiger partial charge in [-0.2, -0.15) is 5.26 Å². The third kappa shape index (κ3) is 3.08. The molecule has 1 N–H and O–H groups in total. The van der Waals surface area contributed by atoms with Crippen LogP contribution in [0.3, 0.4) is 0 Å². The van der Waals surface area contributed by atoms with Gasteiger partial charge in [0.15, 0.2) is 5.82 Å². The third-order valence-electron chi connectivity index (χ3n) is 2.91. The fraction of sp³-hybridized carbons (Fsp3) is 0. The summed E-state index contributed by atoms with van der Waals surface area (Å²) < 4.78 is 41.8. The van der Waals surface area contributed by atoms with E-state index >= 15 is 0 Å². The average molecular weight is 348 g/mol. The SMILES string of the molecule is N#Cc1ccc(-n2ccc(NS(=O)(=O)c3cccs3)n2)c(F)c1. The molecule has 0 saturated carbocycles. The van der Waals surface area contributed by atoms with Crippen LogP contribution in [-0.4, -0.2) is 18.2 Å². The molecule has 2 aromatic heterocycles. The average Bonchev–Trinajstić information content (AvgIpc) is 3.18. The van der Waals surface area contributed by atoms with Gasteiger partial charge in [-0.25, -0.2) is 17.5 Å². The Balaban J connectivity index is 1.88. The lowest BCUT2D eigenvalue weighted by atomic mass is 10.2. The first-order valence-electron chi connectivity index (χ1n) is 6.31. The Hall–Kier alpha value is -2.70. The first-order chi connectivity index (χ1) is 11.0. The number of hydrogen-bond acceptors (Lipinski definition) is 5. The Bertz CT molecular complexity index is 988. The second kappa shape index (κ2) is 5.83. The van der Waals surface area contributed by atoms with E-state index in [2.05, 4.69) is 9.82 Å². The molecule has 3 rings (SSSR count). The number of rotatable bonds is 4. The highest BCUT2D eigenvalue weighted by Crippen LogP contribution is 2.20. The summed E-state index contributed by atoms with van der Waals surface area (Å²) in [5, 5.41) is 14.4. The van der Waals surface area contributed by atoms with Gasteiger partial charge in [-0.3, -0.25) is 4.72 Å². The second-order valence-electron chi connectivity index (χ2n) is 4.46. The van der Waals surface area contributed by atoms with Gasteiger partial charge in [-0.15, -0.1) is 16.4 Å². The molecule has 0 amide bonds. The molecule has 0 saturated heterocycles. The number of hydrogen-bond donors (Lipinski definition) is 1. The van der Waals surface area contributed by atoms with Gasteiger partial charge in [-0.05, 0) is 29.6 Å². The van der Waals surface area contributed by atoms with E-state index in [0.717, 1.165) is 17.4 Å². The standard InChI is InChI=1S/C14H9FN4O2S2/c15-11-8-10(9-16)3-4-12(11)19-6-5-13(17-19)18-23(20,21)14-2-1-7-22-14/h1-8H,(H,17,18). The number of sulfonamides is 1. The number of aromatic nitrogens is 2. The summed E-state index contributed by atoms with van der Waals surface area (Å²) in [5.41, 5.74) is 0.308. The van der Waals surface area contributed by atoms with Gasteiger partial charge in [0, 0.05) is 12.3 Å². The fourth-order valence-corrected chi connectivity index (χ4v) is 3.87. The lowest BCUT2D eigenvalue weighted by Gasteiger charge is -2.04. The topological polar surface area (TPSA) is 87.8 Å².